The standard InChI is InChI=1S/C18H15N3O3/c1-11-3-2-4-12(7-11)24-6-5-21-17(22)14-9-20-15-10-19-8-13(15)16(14)18(21)23/h2-4,7-9H,5-6,10H2,1H3. The molecule has 0 spiro atoms. The number of imide groups is 1. The van der Waals surface area contributed by atoms with E-state index in [0.29, 0.717) is 23.2 Å². The number of hydrogen-bond acceptors (Lipinski definition) is 5. The molecule has 2 amide bonds. The van der Waals surface area contributed by atoms with Crippen molar-refractivity contribution in [1.82, 2.24) is 9.88 Å². The summed E-state index contributed by atoms with van der Waals surface area (Å²) >= 11 is 0. The van der Waals surface area contributed by atoms with Crippen LogP contribution in [-0.2, 0) is 6.54 Å². The number of aliphatic imine (C=N–C) groups is 1. The molecule has 0 N–H and O–H groups in total. The summed E-state index contributed by atoms with van der Waals surface area (Å²) in [6, 6.07) is 7.64. The van der Waals surface area contributed by atoms with Crippen LogP contribution in [0.2, 0.25) is 0 Å². The average molecular weight is 321 g/mol. The lowest BCUT2D eigenvalue weighted by Crippen LogP contribution is -2.33. The van der Waals surface area contributed by atoms with E-state index >= 15 is 0 Å². The van der Waals surface area contributed by atoms with Gasteiger partial charge in [-0.15, -0.1) is 0 Å². The molecule has 6 nitrogen and oxygen atoms in total. The highest BCUT2D eigenvalue weighted by atomic mass is 16.5. The summed E-state index contributed by atoms with van der Waals surface area (Å²) in [4.78, 5) is 34.7. The first-order valence-corrected chi connectivity index (χ1v) is 7.72. The molecule has 6 heteroatoms. The van der Waals surface area contributed by atoms with Crippen LogP contribution in [0, 0.1) is 6.92 Å². The second-order valence-electron chi connectivity index (χ2n) is 5.80. The first-order chi connectivity index (χ1) is 11.6. The van der Waals surface area contributed by atoms with Gasteiger partial charge >= 0.3 is 0 Å². The van der Waals surface area contributed by atoms with Crippen molar-refractivity contribution >= 4 is 18.0 Å². The van der Waals surface area contributed by atoms with E-state index in [1.54, 1.807) is 6.21 Å². The molecule has 2 aromatic rings. The third kappa shape index (κ3) is 2.27. The van der Waals surface area contributed by atoms with Crippen molar-refractivity contribution in [3.63, 3.8) is 0 Å². The minimum absolute atomic E-state index is 0.201. The van der Waals surface area contributed by atoms with E-state index in [0.717, 1.165) is 17.0 Å². The molecule has 1 aromatic heterocycles. The van der Waals surface area contributed by atoms with Crippen molar-refractivity contribution in [1.29, 1.82) is 0 Å². The smallest absolute Gasteiger partial charge is 0.263 e. The fraction of sp³-hybridized carbons (Fsp3) is 0.222. The Morgan fingerprint density at radius 2 is 2.12 bits per heavy atom. The first-order valence-electron chi connectivity index (χ1n) is 7.72. The number of carbonyl (C=O) groups is 2. The summed E-state index contributed by atoms with van der Waals surface area (Å²) in [5, 5.41) is 0. The first kappa shape index (κ1) is 14.6. The third-order valence-corrected chi connectivity index (χ3v) is 4.17. The number of hydrogen-bond donors (Lipinski definition) is 0. The molecule has 0 aliphatic carbocycles. The number of nitrogens with zero attached hydrogens (tertiary/aromatic N) is 3. The van der Waals surface area contributed by atoms with Gasteiger partial charge in [-0.25, -0.2) is 0 Å². The third-order valence-electron chi connectivity index (χ3n) is 4.17. The zero-order valence-corrected chi connectivity index (χ0v) is 13.2. The number of benzene rings is 1. The molecule has 24 heavy (non-hydrogen) atoms. The second-order valence-corrected chi connectivity index (χ2v) is 5.80. The van der Waals surface area contributed by atoms with Gasteiger partial charge in [0.05, 0.1) is 29.9 Å². The van der Waals surface area contributed by atoms with Crippen LogP contribution in [0.4, 0.5) is 0 Å². The monoisotopic (exact) mass is 321 g/mol. The lowest BCUT2D eigenvalue weighted by molar-refractivity contribution is 0.0631. The van der Waals surface area contributed by atoms with E-state index in [1.165, 1.54) is 11.1 Å². The van der Waals surface area contributed by atoms with E-state index in [1.807, 2.05) is 31.2 Å². The molecule has 4 rings (SSSR count). The van der Waals surface area contributed by atoms with Gasteiger partial charge < -0.3 is 4.74 Å². The highest BCUT2D eigenvalue weighted by molar-refractivity contribution is 6.24. The highest BCUT2D eigenvalue weighted by Gasteiger charge is 2.38. The van der Waals surface area contributed by atoms with Crippen LogP contribution in [0.25, 0.3) is 0 Å². The van der Waals surface area contributed by atoms with Crippen LogP contribution in [-0.4, -0.2) is 41.1 Å². The zero-order chi connectivity index (χ0) is 16.7. The van der Waals surface area contributed by atoms with Crippen LogP contribution in [0.5, 0.6) is 5.75 Å². The molecule has 120 valence electrons. The fourth-order valence-electron chi connectivity index (χ4n) is 2.98. The second kappa shape index (κ2) is 5.56. The van der Waals surface area contributed by atoms with Crippen LogP contribution in [0.1, 0.15) is 37.5 Å². The van der Waals surface area contributed by atoms with Crippen molar-refractivity contribution in [3.05, 3.63) is 58.4 Å². The Kier molecular flexibility index (Phi) is 3.37. The largest absolute Gasteiger partial charge is 0.492 e. The molecule has 0 fully saturated rings. The maximum atomic E-state index is 12.6. The Morgan fingerprint density at radius 3 is 2.96 bits per heavy atom. The SMILES string of the molecule is Cc1cccc(OCCN2C(=O)c3cnc4c(c3C2=O)C=NC4)c1. The topological polar surface area (TPSA) is 71.9 Å². The van der Waals surface area contributed by atoms with Gasteiger partial charge in [-0.2, -0.15) is 0 Å². The van der Waals surface area contributed by atoms with Crippen molar-refractivity contribution in [2.45, 2.75) is 13.5 Å². The summed E-state index contributed by atoms with van der Waals surface area (Å²) in [6.45, 7) is 2.89. The summed E-state index contributed by atoms with van der Waals surface area (Å²) in [5.41, 5.74) is 3.28. The molecule has 3 heterocycles. The Balaban J connectivity index is 1.50. The van der Waals surface area contributed by atoms with Crippen LogP contribution in [0.15, 0.2) is 35.5 Å². The predicted molar refractivity (Wildman–Crippen MR) is 87.6 cm³/mol. The Bertz CT molecular complexity index is 889. The van der Waals surface area contributed by atoms with Crippen molar-refractivity contribution < 1.29 is 14.3 Å². The number of amides is 2. The molecular formula is C18H15N3O3. The molecule has 0 saturated carbocycles. The number of pyridine rings is 1. The molecular weight excluding hydrogens is 306 g/mol. The molecule has 2 aliphatic rings. The van der Waals surface area contributed by atoms with Gasteiger partial charge in [-0.3, -0.25) is 24.5 Å². The maximum Gasteiger partial charge on any atom is 0.263 e. The van der Waals surface area contributed by atoms with E-state index in [9.17, 15) is 9.59 Å². The van der Waals surface area contributed by atoms with Crippen LogP contribution >= 0.6 is 0 Å². The highest BCUT2D eigenvalue weighted by Crippen LogP contribution is 2.28. The van der Waals surface area contributed by atoms with Gasteiger partial charge in [-0.05, 0) is 24.6 Å². The van der Waals surface area contributed by atoms with Crippen molar-refractivity contribution in [2.75, 3.05) is 13.2 Å². The summed E-state index contributed by atoms with van der Waals surface area (Å²) < 4.78 is 5.65. The van der Waals surface area contributed by atoms with E-state index in [2.05, 4.69) is 9.98 Å². The number of ether oxygens (including phenoxy) is 1. The Labute approximate surface area is 138 Å². The fourth-order valence-corrected chi connectivity index (χ4v) is 2.98. The van der Waals surface area contributed by atoms with E-state index in [4.69, 9.17) is 4.74 Å². The van der Waals surface area contributed by atoms with Crippen LogP contribution < -0.4 is 4.74 Å². The number of rotatable bonds is 4. The van der Waals surface area contributed by atoms with Gasteiger partial charge in [0.1, 0.15) is 12.4 Å². The summed E-state index contributed by atoms with van der Waals surface area (Å²) in [6.07, 6.45) is 3.10. The summed E-state index contributed by atoms with van der Waals surface area (Å²) in [5.74, 6) is 0.106. The number of carbonyl (C=O) groups excluding carboxylic acids is 2. The molecule has 0 bridgehead atoms. The Hall–Kier alpha value is -3.02. The van der Waals surface area contributed by atoms with Crippen molar-refractivity contribution in [2.24, 2.45) is 4.99 Å². The van der Waals surface area contributed by atoms with E-state index in [-0.39, 0.29) is 25.0 Å². The van der Waals surface area contributed by atoms with Gasteiger partial charge in [0, 0.05) is 18.0 Å². The number of aryl methyl sites for hydroxylation is 1. The van der Waals surface area contributed by atoms with Crippen LogP contribution in [0.3, 0.4) is 0 Å². The molecule has 0 atom stereocenters. The minimum Gasteiger partial charge on any atom is -0.492 e. The molecule has 0 saturated heterocycles. The molecule has 0 unspecified atom stereocenters. The van der Waals surface area contributed by atoms with Gasteiger partial charge in [0.25, 0.3) is 11.8 Å². The Morgan fingerprint density at radius 1 is 1.25 bits per heavy atom. The average Bonchev–Trinajstić information content (AvgIpc) is 3.13. The summed E-state index contributed by atoms with van der Waals surface area (Å²) in [7, 11) is 0. The minimum atomic E-state index is -0.321. The lowest BCUT2D eigenvalue weighted by atomic mass is 10.1. The zero-order valence-electron chi connectivity index (χ0n) is 13.2. The molecule has 1 aromatic carbocycles. The van der Waals surface area contributed by atoms with E-state index < -0.39 is 0 Å². The predicted octanol–water partition coefficient (Wildman–Crippen LogP) is 2.00. The maximum absolute atomic E-state index is 12.6. The van der Waals surface area contributed by atoms with Gasteiger partial charge in [-0.1, -0.05) is 12.1 Å². The molecule has 2 aliphatic heterocycles. The number of aromatic nitrogens is 1. The number of fused-ring (bicyclic) bond motifs is 3. The quantitative estimate of drug-likeness (QED) is 0.808. The lowest BCUT2D eigenvalue weighted by Gasteiger charge is -2.14. The van der Waals surface area contributed by atoms with Gasteiger partial charge in [0.2, 0.25) is 0 Å². The van der Waals surface area contributed by atoms with Gasteiger partial charge in [0.15, 0.2) is 0 Å². The molecule has 0 radical (unpaired) electrons. The van der Waals surface area contributed by atoms with Crippen molar-refractivity contribution in [3.8, 4) is 5.75 Å². The normalized spacial score (nSPS) is 15.0.